The Labute approximate surface area is 150 Å². The van der Waals surface area contributed by atoms with Crippen LogP contribution in [-0.2, 0) is 23.1 Å². The first-order valence-electron chi connectivity index (χ1n) is 8.77. The highest BCUT2D eigenvalue weighted by Gasteiger charge is 2.33. The molecule has 1 aliphatic heterocycles. The molecule has 1 aliphatic rings. The molecule has 140 valence electrons. The molecule has 0 radical (unpaired) electrons. The third-order valence-electron chi connectivity index (χ3n) is 5.46. The number of H-pyrrole nitrogens is 1. The fourth-order valence-corrected chi connectivity index (χ4v) is 3.82. The topological polar surface area (TPSA) is 108 Å². The summed E-state index contributed by atoms with van der Waals surface area (Å²) in [5.41, 5.74) is 2.54. The molecular formula is C18H24N4O4. The Morgan fingerprint density at radius 1 is 1.31 bits per heavy atom. The molecule has 2 aromatic heterocycles. The van der Waals surface area contributed by atoms with Gasteiger partial charge in [-0.25, -0.2) is 4.98 Å². The van der Waals surface area contributed by atoms with Gasteiger partial charge in [0.05, 0.1) is 17.7 Å². The third kappa shape index (κ3) is 3.00. The number of carboxylic acid groups (broad SMARTS) is 1. The minimum atomic E-state index is -0.860. The maximum Gasteiger partial charge on any atom is 0.308 e. The molecular weight excluding hydrogens is 336 g/mol. The van der Waals surface area contributed by atoms with Crippen molar-refractivity contribution in [2.75, 3.05) is 6.54 Å². The normalized spacial score (nSPS) is 20.5. The molecule has 0 bridgehead atoms. The zero-order valence-electron chi connectivity index (χ0n) is 15.5. The molecule has 0 saturated carbocycles. The van der Waals surface area contributed by atoms with Crippen molar-refractivity contribution in [3.05, 3.63) is 27.2 Å². The fraction of sp³-hybridized carbons (Fsp3) is 0.556. The van der Waals surface area contributed by atoms with E-state index in [2.05, 4.69) is 10.1 Å². The first kappa shape index (κ1) is 18.2. The number of nitrogens with one attached hydrogen (secondary N) is 1. The van der Waals surface area contributed by atoms with Crippen LogP contribution in [-0.4, -0.2) is 49.2 Å². The number of carbonyl (C=O) groups excluding carboxylic acids is 1. The molecule has 1 fully saturated rings. The van der Waals surface area contributed by atoms with E-state index in [1.54, 1.807) is 16.6 Å². The summed E-state index contributed by atoms with van der Waals surface area (Å²) in [6.07, 6.45) is 1.38. The molecule has 8 heteroatoms. The van der Waals surface area contributed by atoms with Gasteiger partial charge in [-0.1, -0.05) is 0 Å². The number of pyridine rings is 1. The second-order valence-corrected chi connectivity index (χ2v) is 7.18. The SMILES string of the molecule is Cc1nc2c(c(C)c1CC(=O)N1CC(C(=O)O)CCC1C)c(=O)[nH]n2C. The van der Waals surface area contributed by atoms with Crippen LogP contribution >= 0.6 is 0 Å². The molecule has 3 rings (SSSR count). The van der Waals surface area contributed by atoms with E-state index in [1.807, 2.05) is 20.8 Å². The average Bonchev–Trinajstić information content (AvgIpc) is 2.85. The number of likely N-dealkylation sites (tertiary alicyclic amines) is 1. The Morgan fingerprint density at radius 2 is 2.00 bits per heavy atom. The van der Waals surface area contributed by atoms with Gasteiger partial charge in [0, 0.05) is 25.3 Å². The number of amides is 1. The van der Waals surface area contributed by atoms with Gasteiger partial charge < -0.3 is 10.0 Å². The van der Waals surface area contributed by atoms with Crippen LogP contribution in [0.1, 0.15) is 36.6 Å². The largest absolute Gasteiger partial charge is 0.481 e. The highest BCUT2D eigenvalue weighted by atomic mass is 16.4. The van der Waals surface area contributed by atoms with Gasteiger partial charge >= 0.3 is 5.97 Å². The number of rotatable bonds is 3. The maximum absolute atomic E-state index is 12.9. The summed E-state index contributed by atoms with van der Waals surface area (Å²) in [5, 5.41) is 12.5. The molecule has 2 aromatic rings. The highest BCUT2D eigenvalue weighted by molar-refractivity contribution is 5.85. The summed E-state index contributed by atoms with van der Waals surface area (Å²) < 4.78 is 1.58. The predicted octanol–water partition coefficient (Wildman–Crippen LogP) is 1.13. The molecule has 1 saturated heterocycles. The lowest BCUT2D eigenvalue weighted by atomic mass is 9.92. The molecule has 3 heterocycles. The average molecular weight is 360 g/mol. The van der Waals surface area contributed by atoms with Crippen molar-refractivity contribution in [2.24, 2.45) is 13.0 Å². The standard InChI is InChI=1S/C18H24N4O4/c1-9-5-6-12(18(25)26)8-22(9)14(23)7-13-10(2)15-16(19-11(13)3)21(4)20-17(15)24/h9,12H,5-8H2,1-4H3,(H,20,24)(H,25,26). The molecule has 26 heavy (non-hydrogen) atoms. The first-order chi connectivity index (χ1) is 12.2. The van der Waals surface area contributed by atoms with Crippen LogP contribution in [0.25, 0.3) is 11.0 Å². The molecule has 2 unspecified atom stereocenters. The first-order valence-corrected chi connectivity index (χ1v) is 8.77. The van der Waals surface area contributed by atoms with E-state index < -0.39 is 11.9 Å². The van der Waals surface area contributed by atoms with Gasteiger partial charge in [0.1, 0.15) is 0 Å². The number of nitrogens with zero attached hydrogens (tertiary/aromatic N) is 3. The smallest absolute Gasteiger partial charge is 0.308 e. The van der Waals surface area contributed by atoms with Crippen molar-refractivity contribution in [2.45, 2.75) is 46.1 Å². The monoisotopic (exact) mass is 360 g/mol. The van der Waals surface area contributed by atoms with Gasteiger partial charge in [-0.2, -0.15) is 0 Å². The van der Waals surface area contributed by atoms with E-state index in [4.69, 9.17) is 0 Å². The van der Waals surface area contributed by atoms with Gasteiger partial charge in [0.15, 0.2) is 5.65 Å². The van der Waals surface area contributed by atoms with Crippen molar-refractivity contribution in [3.8, 4) is 0 Å². The summed E-state index contributed by atoms with van der Waals surface area (Å²) in [4.78, 5) is 42.5. The molecule has 2 N–H and O–H groups in total. The van der Waals surface area contributed by atoms with Crippen LogP contribution in [0, 0.1) is 19.8 Å². The molecule has 0 aliphatic carbocycles. The zero-order valence-corrected chi connectivity index (χ0v) is 15.5. The van der Waals surface area contributed by atoms with Gasteiger partial charge in [-0.3, -0.25) is 24.2 Å². The van der Waals surface area contributed by atoms with E-state index in [0.717, 1.165) is 11.1 Å². The number of aryl methyl sites for hydroxylation is 3. The minimum absolute atomic E-state index is 0.00975. The van der Waals surface area contributed by atoms with Crippen LogP contribution < -0.4 is 5.56 Å². The maximum atomic E-state index is 12.9. The number of piperidine rings is 1. The lowest BCUT2D eigenvalue weighted by Crippen LogP contribution is -2.48. The summed E-state index contributed by atoms with van der Waals surface area (Å²) >= 11 is 0. The number of hydrogen-bond donors (Lipinski definition) is 2. The van der Waals surface area contributed by atoms with E-state index in [-0.39, 0.29) is 30.5 Å². The number of aromatic amines is 1. The number of aromatic nitrogens is 3. The number of aliphatic carboxylic acids is 1. The van der Waals surface area contributed by atoms with Crippen molar-refractivity contribution in [3.63, 3.8) is 0 Å². The van der Waals surface area contributed by atoms with Crippen molar-refractivity contribution in [1.82, 2.24) is 19.7 Å². The highest BCUT2D eigenvalue weighted by Crippen LogP contribution is 2.25. The van der Waals surface area contributed by atoms with E-state index in [9.17, 15) is 19.5 Å². The number of fused-ring (bicyclic) bond motifs is 1. The Balaban J connectivity index is 1.93. The molecule has 2 atom stereocenters. The Kier molecular flexibility index (Phi) is 4.60. The van der Waals surface area contributed by atoms with E-state index in [1.165, 1.54) is 0 Å². The van der Waals surface area contributed by atoms with Crippen LogP contribution in [0.5, 0.6) is 0 Å². The number of carbonyl (C=O) groups is 2. The van der Waals surface area contributed by atoms with Gasteiger partial charge in [0.2, 0.25) is 5.91 Å². The predicted molar refractivity (Wildman–Crippen MR) is 96.0 cm³/mol. The van der Waals surface area contributed by atoms with Crippen molar-refractivity contribution >= 4 is 22.9 Å². The quantitative estimate of drug-likeness (QED) is 0.853. The minimum Gasteiger partial charge on any atom is -0.481 e. The van der Waals surface area contributed by atoms with Gasteiger partial charge in [-0.15, -0.1) is 0 Å². The fourth-order valence-electron chi connectivity index (χ4n) is 3.82. The van der Waals surface area contributed by atoms with E-state index >= 15 is 0 Å². The van der Waals surface area contributed by atoms with Gasteiger partial charge in [0.25, 0.3) is 5.56 Å². The zero-order chi connectivity index (χ0) is 19.2. The Morgan fingerprint density at radius 3 is 2.65 bits per heavy atom. The molecule has 1 amide bonds. The van der Waals surface area contributed by atoms with E-state index in [0.29, 0.717) is 29.6 Å². The van der Waals surface area contributed by atoms with Crippen molar-refractivity contribution in [1.29, 1.82) is 0 Å². The Hall–Kier alpha value is -2.64. The van der Waals surface area contributed by atoms with Crippen LogP contribution in [0.2, 0.25) is 0 Å². The summed E-state index contributed by atoms with van der Waals surface area (Å²) in [6.45, 7) is 5.83. The lowest BCUT2D eigenvalue weighted by molar-refractivity contribution is -0.147. The summed E-state index contributed by atoms with van der Waals surface area (Å²) in [6, 6.07) is 0.00975. The summed E-state index contributed by atoms with van der Waals surface area (Å²) in [5.74, 6) is -1.50. The lowest BCUT2D eigenvalue weighted by Gasteiger charge is -2.36. The van der Waals surface area contributed by atoms with Crippen molar-refractivity contribution < 1.29 is 14.7 Å². The second-order valence-electron chi connectivity index (χ2n) is 7.18. The molecule has 0 aromatic carbocycles. The molecule has 0 spiro atoms. The number of carboxylic acids is 1. The van der Waals surface area contributed by atoms with Crippen LogP contribution in [0.3, 0.4) is 0 Å². The van der Waals surface area contributed by atoms with Crippen LogP contribution in [0.4, 0.5) is 0 Å². The van der Waals surface area contributed by atoms with Gasteiger partial charge in [-0.05, 0) is 44.7 Å². The summed E-state index contributed by atoms with van der Waals surface area (Å²) in [7, 11) is 1.72. The molecule has 8 nitrogen and oxygen atoms in total. The second kappa shape index (κ2) is 6.59. The van der Waals surface area contributed by atoms with Crippen LogP contribution in [0.15, 0.2) is 4.79 Å². The Bertz CT molecular complexity index is 943. The third-order valence-corrected chi connectivity index (χ3v) is 5.46. The number of hydrogen-bond acceptors (Lipinski definition) is 4.